The van der Waals surface area contributed by atoms with Crippen LogP contribution in [-0.4, -0.2) is 54.6 Å². The molecule has 2 aromatic heterocycles. The number of halogens is 3. The Morgan fingerprint density at radius 1 is 1.20 bits per heavy atom. The van der Waals surface area contributed by atoms with Gasteiger partial charge in [-0.05, 0) is 67.6 Å². The van der Waals surface area contributed by atoms with Crippen molar-refractivity contribution < 1.29 is 18.0 Å². The lowest BCUT2D eigenvalue weighted by Crippen LogP contribution is -2.46. The number of hydrogen-bond acceptors (Lipinski definition) is 6. The number of tetrazole rings is 1. The highest BCUT2D eigenvalue weighted by molar-refractivity contribution is 5.84. The van der Waals surface area contributed by atoms with Gasteiger partial charge in [0.05, 0.1) is 29.8 Å². The first-order chi connectivity index (χ1) is 16.5. The Balaban J connectivity index is 1.29. The maximum Gasteiger partial charge on any atom is 0.416 e. The zero-order valence-electron chi connectivity index (χ0n) is 19.7. The first kappa shape index (κ1) is 23.3. The minimum Gasteiger partial charge on any atom is -0.363 e. The Kier molecular flexibility index (Phi) is 5.52. The molecule has 4 heterocycles. The topological polar surface area (TPSA) is 88.8 Å². The van der Waals surface area contributed by atoms with Crippen LogP contribution in [0.25, 0.3) is 11.4 Å². The minimum absolute atomic E-state index is 0.0811. The molecule has 1 aromatic carbocycles. The zero-order chi connectivity index (χ0) is 25.0. The SMILES string of the molecule is Cc1nc2c(cc1-c1nnn(C)n1)CC[C@@]1(CCN(C(=O)[C@@H](C)c3ccc(C(F)(F)F)cc3)C1)N2. The Hall–Kier alpha value is -3.50. The van der Waals surface area contributed by atoms with Crippen LogP contribution in [0.5, 0.6) is 0 Å². The lowest BCUT2D eigenvalue weighted by Gasteiger charge is -2.36. The molecule has 1 spiro atoms. The average Bonchev–Trinajstić information content (AvgIpc) is 3.43. The van der Waals surface area contributed by atoms with E-state index in [-0.39, 0.29) is 11.4 Å². The molecule has 1 fully saturated rings. The van der Waals surface area contributed by atoms with E-state index in [0.717, 1.165) is 54.0 Å². The molecule has 0 bridgehead atoms. The number of carbonyl (C=O) groups is 1. The number of likely N-dealkylation sites (tertiary alicyclic amines) is 1. The van der Waals surface area contributed by atoms with Crippen LogP contribution in [0, 0.1) is 6.92 Å². The lowest BCUT2D eigenvalue weighted by molar-refractivity contribution is -0.137. The second-order valence-corrected chi connectivity index (χ2v) is 9.49. The van der Waals surface area contributed by atoms with Crippen molar-refractivity contribution in [3.8, 4) is 11.4 Å². The first-order valence-corrected chi connectivity index (χ1v) is 11.5. The maximum absolute atomic E-state index is 13.2. The number of nitrogens with zero attached hydrogens (tertiary/aromatic N) is 6. The third-order valence-electron chi connectivity index (χ3n) is 7.07. The number of aromatic nitrogens is 5. The van der Waals surface area contributed by atoms with Gasteiger partial charge >= 0.3 is 6.18 Å². The van der Waals surface area contributed by atoms with E-state index in [1.54, 1.807) is 14.0 Å². The van der Waals surface area contributed by atoms with E-state index in [1.807, 2.05) is 11.8 Å². The molecule has 3 aromatic rings. The smallest absolute Gasteiger partial charge is 0.363 e. The number of carbonyl (C=O) groups excluding carboxylic acids is 1. The van der Waals surface area contributed by atoms with Crippen molar-refractivity contribution in [2.75, 3.05) is 18.4 Å². The van der Waals surface area contributed by atoms with E-state index in [9.17, 15) is 18.0 Å². The Morgan fingerprint density at radius 3 is 2.60 bits per heavy atom. The zero-order valence-corrected chi connectivity index (χ0v) is 19.7. The fourth-order valence-electron chi connectivity index (χ4n) is 5.00. The van der Waals surface area contributed by atoms with Gasteiger partial charge in [0, 0.05) is 18.7 Å². The van der Waals surface area contributed by atoms with Gasteiger partial charge in [0.1, 0.15) is 5.82 Å². The summed E-state index contributed by atoms with van der Waals surface area (Å²) in [5, 5.41) is 15.9. The largest absolute Gasteiger partial charge is 0.416 e. The molecule has 2 aliphatic heterocycles. The summed E-state index contributed by atoms with van der Waals surface area (Å²) in [6, 6.07) is 6.90. The summed E-state index contributed by atoms with van der Waals surface area (Å²) < 4.78 is 38.6. The van der Waals surface area contributed by atoms with Crippen LogP contribution in [-0.2, 0) is 24.4 Å². The highest BCUT2D eigenvalue weighted by Gasteiger charge is 2.43. The van der Waals surface area contributed by atoms with Crippen LogP contribution in [0.3, 0.4) is 0 Å². The fraction of sp³-hybridized carbons (Fsp3) is 0.458. The van der Waals surface area contributed by atoms with E-state index in [2.05, 4.69) is 26.8 Å². The summed E-state index contributed by atoms with van der Waals surface area (Å²) in [4.78, 5) is 21.2. The molecule has 5 rings (SSSR count). The van der Waals surface area contributed by atoms with Crippen molar-refractivity contribution in [2.24, 2.45) is 7.05 Å². The molecule has 0 aliphatic carbocycles. The minimum atomic E-state index is -4.39. The van der Waals surface area contributed by atoms with Gasteiger partial charge in [-0.15, -0.1) is 10.2 Å². The van der Waals surface area contributed by atoms with Gasteiger partial charge < -0.3 is 10.2 Å². The molecule has 0 radical (unpaired) electrons. The van der Waals surface area contributed by atoms with Crippen LogP contribution in [0.1, 0.15) is 48.1 Å². The second-order valence-electron chi connectivity index (χ2n) is 9.49. The third-order valence-corrected chi connectivity index (χ3v) is 7.07. The molecule has 11 heteroatoms. The van der Waals surface area contributed by atoms with Crippen molar-refractivity contribution in [3.63, 3.8) is 0 Å². The second kappa shape index (κ2) is 8.31. The first-order valence-electron chi connectivity index (χ1n) is 11.5. The van der Waals surface area contributed by atoms with E-state index in [1.165, 1.54) is 16.9 Å². The van der Waals surface area contributed by atoms with Crippen molar-refractivity contribution in [3.05, 3.63) is 52.7 Å². The molecule has 2 aliphatic rings. The predicted molar refractivity (Wildman–Crippen MR) is 122 cm³/mol. The number of fused-ring (bicyclic) bond motifs is 1. The van der Waals surface area contributed by atoms with Gasteiger partial charge in [0.15, 0.2) is 0 Å². The molecule has 0 saturated carbocycles. The monoisotopic (exact) mass is 485 g/mol. The fourth-order valence-corrected chi connectivity index (χ4v) is 5.00. The molecule has 1 N–H and O–H groups in total. The number of benzene rings is 1. The molecule has 184 valence electrons. The van der Waals surface area contributed by atoms with Gasteiger partial charge in [-0.3, -0.25) is 4.79 Å². The van der Waals surface area contributed by atoms with Crippen LogP contribution < -0.4 is 5.32 Å². The van der Waals surface area contributed by atoms with Crippen LogP contribution in [0.15, 0.2) is 30.3 Å². The van der Waals surface area contributed by atoms with Crippen molar-refractivity contribution >= 4 is 11.7 Å². The maximum atomic E-state index is 13.2. The van der Waals surface area contributed by atoms with E-state index >= 15 is 0 Å². The summed E-state index contributed by atoms with van der Waals surface area (Å²) >= 11 is 0. The van der Waals surface area contributed by atoms with E-state index in [0.29, 0.717) is 24.5 Å². The van der Waals surface area contributed by atoms with Crippen molar-refractivity contribution in [2.45, 2.75) is 50.7 Å². The summed E-state index contributed by atoms with van der Waals surface area (Å²) in [5.41, 5.74) is 2.31. The third kappa shape index (κ3) is 4.35. The number of nitrogens with one attached hydrogen (secondary N) is 1. The number of aryl methyl sites for hydroxylation is 3. The number of hydrogen-bond donors (Lipinski definition) is 1. The van der Waals surface area contributed by atoms with E-state index in [4.69, 9.17) is 4.98 Å². The van der Waals surface area contributed by atoms with Gasteiger partial charge in [0.2, 0.25) is 11.7 Å². The number of alkyl halides is 3. The predicted octanol–water partition coefficient (Wildman–Crippen LogP) is 3.73. The molecule has 1 saturated heterocycles. The summed E-state index contributed by atoms with van der Waals surface area (Å²) in [6.45, 7) is 4.77. The molecule has 2 atom stereocenters. The molecular formula is C24H26F3N7O. The van der Waals surface area contributed by atoms with Crippen LogP contribution in [0.4, 0.5) is 19.0 Å². The Bertz CT molecular complexity index is 1270. The lowest BCUT2D eigenvalue weighted by atomic mass is 9.86. The molecule has 0 unspecified atom stereocenters. The normalized spacial score (nSPS) is 20.6. The van der Waals surface area contributed by atoms with E-state index < -0.39 is 17.7 Å². The highest BCUT2D eigenvalue weighted by Crippen LogP contribution is 2.39. The molecule has 35 heavy (non-hydrogen) atoms. The number of rotatable bonds is 3. The van der Waals surface area contributed by atoms with Gasteiger partial charge in [-0.1, -0.05) is 12.1 Å². The van der Waals surface area contributed by atoms with Gasteiger partial charge in [-0.25, -0.2) is 4.98 Å². The standard InChI is InChI=1S/C24H26F3N7O/c1-14(16-4-6-18(7-5-16)24(25,26)27)22(35)34-11-10-23(13-34)9-8-17-12-19(15(2)28-20(17)29-23)21-30-32-33(3)31-21/h4-7,12,14H,8-11,13H2,1-3H3,(H,28,29)/t14-,23-/m0/s1. The highest BCUT2D eigenvalue weighted by atomic mass is 19.4. The van der Waals surface area contributed by atoms with Crippen molar-refractivity contribution in [1.29, 1.82) is 0 Å². The average molecular weight is 486 g/mol. The number of pyridine rings is 1. The van der Waals surface area contributed by atoms with Gasteiger partial charge in [0.25, 0.3) is 0 Å². The Labute approximate surface area is 200 Å². The molecule has 8 nitrogen and oxygen atoms in total. The Morgan fingerprint density at radius 2 is 1.94 bits per heavy atom. The van der Waals surface area contributed by atoms with Crippen LogP contribution >= 0.6 is 0 Å². The molecular weight excluding hydrogens is 459 g/mol. The summed E-state index contributed by atoms with van der Waals surface area (Å²) in [5.74, 6) is 0.745. The van der Waals surface area contributed by atoms with Crippen molar-refractivity contribution in [1.82, 2.24) is 30.1 Å². The van der Waals surface area contributed by atoms with Crippen LogP contribution in [0.2, 0.25) is 0 Å². The molecule has 1 amide bonds. The van der Waals surface area contributed by atoms with Gasteiger partial charge in [-0.2, -0.15) is 18.0 Å². The number of amides is 1. The summed E-state index contributed by atoms with van der Waals surface area (Å²) in [7, 11) is 1.72. The number of anilines is 1. The quantitative estimate of drug-likeness (QED) is 0.608. The summed E-state index contributed by atoms with van der Waals surface area (Å²) in [6.07, 6.45) is -1.96.